The molecule has 0 aromatic rings. The lowest BCUT2D eigenvalue weighted by atomic mass is 9.66. The summed E-state index contributed by atoms with van der Waals surface area (Å²) in [4.78, 5) is 0. The molecule has 4 bridgehead atoms. The van der Waals surface area contributed by atoms with Gasteiger partial charge in [0.15, 0.2) is 0 Å². The van der Waals surface area contributed by atoms with Gasteiger partial charge in [-0.25, -0.2) is 0 Å². The summed E-state index contributed by atoms with van der Waals surface area (Å²) in [5, 5.41) is 10.1. The Morgan fingerprint density at radius 1 is 1.17 bits per heavy atom. The fourth-order valence-corrected chi connectivity index (χ4v) is 4.51. The van der Waals surface area contributed by atoms with Crippen LogP contribution < -0.4 is 0 Å². The molecule has 3 saturated carbocycles. The Balaban J connectivity index is 2.04. The minimum Gasteiger partial charge on any atom is -0.393 e. The van der Waals surface area contributed by atoms with Crippen molar-refractivity contribution in [1.82, 2.24) is 0 Å². The maximum Gasteiger partial charge on any atom is 0.0604 e. The molecule has 0 aliphatic heterocycles. The van der Waals surface area contributed by atoms with Gasteiger partial charge in [0, 0.05) is 0 Å². The van der Waals surface area contributed by atoms with E-state index in [4.69, 9.17) is 0 Å². The molecule has 0 radical (unpaired) electrons. The zero-order chi connectivity index (χ0) is 8.34. The first kappa shape index (κ1) is 7.37. The van der Waals surface area contributed by atoms with Crippen LogP contribution in [0.4, 0.5) is 0 Å². The summed E-state index contributed by atoms with van der Waals surface area (Å²) in [5.41, 5.74) is 0.544. The topological polar surface area (TPSA) is 20.2 Å². The summed E-state index contributed by atoms with van der Waals surface area (Å²) < 4.78 is 0. The lowest BCUT2D eigenvalue weighted by molar-refractivity contribution is 0.0208. The highest BCUT2D eigenvalue weighted by atomic mass is 16.3. The van der Waals surface area contributed by atoms with Crippen LogP contribution in [0.3, 0.4) is 0 Å². The highest BCUT2D eigenvalue weighted by Crippen LogP contribution is 2.66. The highest BCUT2D eigenvalue weighted by molar-refractivity contribution is 5.11. The Kier molecular flexibility index (Phi) is 1.27. The van der Waals surface area contributed by atoms with E-state index in [9.17, 15) is 5.11 Å². The van der Waals surface area contributed by atoms with E-state index in [0.29, 0.717) is 17.3 Å². The molecule has 3 fully saturated rings. The molecule has 0 aromatic carbocycles. The van der Waals surface area contributed by atoms with Crippen LogP contribution in [0.15, 0.2) is 0 Å². The van der Waals surface area contributed by atoms with Gasteiger partial charge in [0.25, 0.3) is 0 Å². The molecule has 0 unspecified atom stereocenters. The zero-order valence-corrected chi connectivity index (χ0v) is 7.79. The van der Waals surface area contributed by atoms with Gasteiger partial charge in [0.2, 0.25) is 0 Å². The normalized spacial score (nSPS) is 62.5. The molecule has 3 rings (SSSR count). The Hall–Kier alpha value is -0.0400. The summed E-state index contributed by atoms with van der Waals surface area (Å²) in [6.07, 6.45) is 6.83. The minimum absolute atomic E-state index is 0.0660. The molecule has 12 heavy (non-hydrogen) atoms. The predicted molar refractivity (Wildman–Crippen MR) is 47.7 cm³/mol. The molecule has 1 N–H and O–H groups in total. The zero-order valence-electron chi connectivity index (χ0n) is 7.79. The third kappa shape index (κ3) is 0.618. The Morgan fingerprint density at radius 3 is 2.58 bits per heavy atom. The van der Waals surface area contributed by atoms with Crippen molar-refractivity contribution in [2.75, 3.05) is 0 Å². The number of hydrogen-bond acceptors (Lipinski definition) is 1. The molecule has 68 valence electrons. The fourth-order valence-electron chi connectivity index (χ4n) is 4.51. The first-order valence-corrected chi connectivity index (χ1v) is 5.41. The molecule has 1 nitrogen and oxygen atoms in total. The van der Waals surface area contributed by atoms with Crippen molar-refractivity contribution in [3.05, 3.63) is 0 Å². The summed E-state index contributed by atoms with van der Waals surface area (Å²) in [5.74, 6) is 2.23. The van der Waals surface area contributed by atoms with Crippen LogP contribution in [0, 0.1) is 23.2 Å². The maximum absolute atomic E-state index is 10.1. The van der Waals surface area contributed by atoms with Crippen LogP contribution in [-0.4, -0.2) is 11.2 Å². The van der Waals surface area contributed by atoms with Crippen LogP contribution in [0.25, 0.3) is 0 Å². The van der Waals surface area contributed by atoms with Gasteiger partial charge >= 0.3 is 0 Å². The Labute approximate surface area is 74.2 Å². The van der Waals surface area contributed by atoms with Crippen molar-refractivity contribution in [3.63, 3.8) is 0 Å². The third-order valence-corrected chi connectivity index (χ3v) is 5.11. The van der Waals surface area contributed by atoms with Crippen LogP contribution >= 0.6 is 0 Å². The van der Waals surface area contributed by atoms with Crippen molar-refractivity contribution in [1.29, 1.82) is 0 Å². The third-order valence-electron chi connectivity index (χ3n) is 5.11. The van der Waals surface area contributed by atoms with Gasteiger partial charge < -0.3 is 5.11 Å². The number of rotatable bonds is 0. The number of aliphatic hydroxyl groups excluding tert-OH is 1. The van der Waals surface area contributed by atoms with Crippen LogP contribution in [-0.2, 0) is 0 Å². The Bertz CT molecular complexity index is 205. The molecule has 1 heteroatoms. The summed E-state index contributed by atoms with van der Waals surface area (Å²) in [6, 6.07) is 0. The van der Waals surface area contributed by atoms with E-state index < -0.39 is 0 Å². The van der Waals surface area contributed by atoms with E-state index in [1.807, 2.05) is 0 Å². The van der Waals surface area contributed by atoms with E-state index >= 15 is 0 Å². The quantitative estimate of drug-likeness (QED) is 0.585. The molecule has 0 heterocycles. The summed E-state index contributed by atoms with van der Waals surface area (Å²) in [7, 11) is 0. The number of hydrogen-bond donors (Lipinski definition) is 1. The van der Waals surface area contributed by atoms with E-state index in [1.54, 1.807) is 0 Å². The molecular weight excluding hydrogens is 148 g/mol. The maximum atomic E-state index is 10.1. The van der Waals surface area contributed by atoms with Crippen molar-refractivity contribution >= 4 is 0 Å². The summed E-state index contributed by atoms with van der Waals surface area (Å²) >= 11 is 0. The van der Waals surface area contributed by atoms with Gasteiger partial charge in [0.05, 0.1) is 6.10 Å². The Morgan fingerprint density at radius 2 is 1.92 bits per heavy atom. The van der Waals surface area contributed by atoms with Crippen LogP contribution in [0.2, 0.25) is 0 Å². The van der Waals surface area contributed by atoms with Crippen LogP contribution in [0.1, 0.15) is 39.0 Å². The van der Waals surface area contributed by atoms with Gasteiger partial charge in [0.1, 0.15) is 0 Å². The smallest absolute Gasteiger partial charge is 0.0604 e. The average Bonchev–Trinajstić information content (AvgIpc) is 2.40. The first-order chi connectivity index (χ1) is 5.73. The second-order valence-corrected chi connectivity index (χ2v) is 5.34. The van der Waals surface area contributed by atoms with Crippen molar-refractivity contribution in [2.45, 2.75) is 45.1 Å². The second-order valence-electron chi connectivity index (χ2n) is 5.34. The standard InChI is InChI=1S/C11H18O/c1-11-6-5-7-8(11)3-2-4-9(11)10(7)12/h7-10,12H,2-6H2,1H3/t7-,8-,9+,10+,11+/m1/s1. The minimum atomic E-state index is 0.0660. The summed E-state index contributed by atoms with van der Waals surface area (Å²) in [6.45, 7) is 2.43. The molecule has 3 aliphatic rings. The van der Waals surface area contributed by atoms with Gasteiger partial charge in [-0.15, -0.1) is 0 Å². The molecule has 0 spiro atoms. The monoisotopic (exact) mass is 166 g/mol. The van der Waals surface area contributed by atoms with Crippen molar-refractivity contribution in [3.8, 4) is 0 Å². The van der Waals surface area contributed by atoms with Gasteiger partial charge in [-0.3, -0.25) is 0 Å². The number of aliphatic hydroxyl groups is 1. The second kappa shape index (κ2) is 2.06. The van der Waals surface area contributed by atoms with Crippen LogP contribution in [0.5, 0.6) is 0 Å². The fraction of sp³-hybridized carbons (Fsp3) is 1.00. The predicted octanol–water partition coefficient (Wildman–Crippen LogP) is 2.19. The van der Waals surface area contributed by atoms with Gasteiger partial charge in [-0.2, -0.15) is 0 Å². The van der Waals surface area contributed by atoms with Crippen molar-refractivity contribution < 1.29 is 5.11 Å². The first-order valence-electron chi connectivity index (χ1n) is 5.41. The molecule has 3 aliphatic carbocycles. The van der Waals surface area contributed by atoms with E-state index in [0.717, 1.165) is 5.92 Å². The van der Waals surface area contributed by atoms with E-state index in [1.165, 1.54) is 32.1 Å². The van der Waals surface area contributed by atoms with Gasteiger partial charge in [-0.1, -0.05) is 13.3 Å². The highest BCUT2D eigenvalue weighted by Gasteiger charge is 2.62. The SMILES string of the molecule is C[C@@]12CC[C@H]3[C@H](O)[C@@H]1CCC[C@H]32. The molecule has 0 amide bonds. The van der Waals surface area contributed by atoms with E-state index in [-0.39, 0.29) is 6.10 Å². The molecule has 5 atom stereocenters. The lowest BCUT2D eigenvalue weighted by Crippen LogP contribution is -2.34. The molecule has 0 saturated heterocycles. The van der Waals surface area contributed by atoms with E-state index in [2.05, 4.69) is 6.92 Å². The van der Waals surface area contributed by atoms with Gasteiger partial charge in [-0.05, 0) is 48.9 Å². The molecule has 0 aromatic heterocycles. The molecular formula is C11H18O. The average molecular weight is 166 g/mol. The lowest BCUT2D eigenvalue weighted by Gasteiger charge is -2.39. The van der Waals surface area contributed by atoms with Crippen molar-refractivity contribution in [2.24, 2.45) is 23.2 Å². The largest absolute Gasteiger partial charge is 0.393 e.